The number of aromatic hydroxyl groups is 1. The molecule has 1 N–H and O–H groups in total. The van der Waals surface area contributed by atoms with Gasteiger partial charge in [-0.1, -0.05) is 46.3 Å². The molecule has 0 atom stereocenters. The summed E-state index contributed by atoms with van der Waals surface area (Å²) in [5.41, 5.74) is 1.03. The van der Waals surface area contributed by atoms with E-state index in [0.717, 1.165) is 22.7 Å². The zero-order chi connectivity index (χ0) is 9.97. The van der Waals surface area contributed by atoms with Crippen LogP contribution in [0.1, 0.15) is 5.56 Å². The van der Waals surface area contributed by atoms with Crippen LogP contribution < -0.4 is 0 Å². The van der Waals surface area contributed by atoms with Crippen LogP contribution in [0.4, 0.5) is 0 Å². The first kappa shape index (κ1) is 9.53. The van der Waals surface area contributed by atoms with Crippen LogP contribution in [0.15, 0.2) is 36.4 Å². The molecule has 0 bridgehead atoms. The van der Waals surface area contributed by atoms with Gasteiger partial charge in [0.2, 0.25) is 0 Å². The summed E-state index contributed by atoms with van der Waals surface area (Å²) in [6.07, 6.45) is 0.854. The number of hydrogen-bond acceptors (Lipinski definition) is 1. The van der Waals surface area contributed by atoms with Gasteiger partial charge in [-0.25, -0.2) is 0 Å². The number of fused-ring (bicyclic) bond motifs is 1. The van der Waals surface area contributed by atoms with Gasteiger partial charge in [-0.2, -0.15) is 0 Å². The highest BCUT2D eigenvalue weighted by atomic mass is 79.9. The van der Waals surface area contributed by atoms with Crippen LogP contribution >= 0.6 is 15.9 Å². The van der Waals surface area contributed by atoms with E-state index in [-0.39, 0.29) is 0 Å². The van der Waals surface area contributed by atoms with Crippen LogP contribution in [0.5, 0.6) is 5.75 Å². The first-order chi connectivity index (χ1) is 6.83. The molecule has 72 valence electrons. The summed E-state index contributed by atoms with van der Waals surface area (Å²) in [5, 5.41) is 12.9. The lowest BCUT2D eigenvalue weighted by molar-refractivity contribution is 0.470. The number of rotatable bonds is 2. The van der Waals surface area contributed by atoms with Gasteiger partial charge in [0.05, 0.1) is 0 Å². The largest absolute Gasteiger partial charge is 0.508 e. The Labute approximate surface area is 91.5 Å². The van der Waals surface area contributed by atoms with Crippen LogP contribution in [-0.2, 0) is 6.42 Å². The average molecular weight is 251 g/mol. The van der Waals surface area contributed by atoms with Crippen LogP contribution in [0.3, 0.4) is 0 Å². The number of benzene rings is 2. The fourth-order valence-corrected chi connectivity index (χ4v) is 2.08. The van der Waals surface area contributed by atoms with Crippen molar-refractivity contribution in [2.24, 2.45) is 0 Å². The Kier molecular flexibility index (Phi) is 2.73. The summed E-state index contributed by atoms with van der Waals surface area (Å²) < 4.78 is 0. The van der Waals surface area contributed by atoms with Gasteiger partial charge in [-0.05, 0) is 23.3 Å². The number of phenols is 1. The van der Waals surface area contributed by atoms with E-state index in [1.165, 1.54) is 5.39 Å². The third-order valence-electron chi connectivity index (χ3n) is 2.36. The molecule has 1 nitrogen and oxygen atoms in total. The van der Waals surface area contributed by atoms with Crippen LogP contribution in [-0.4, -0.2) is 10.4 Å². The number of phenolic OH excluding ortho intramolecular Hbond substituents is 1. The van der Waals surface area contributed by atoms with Gasteiger partial charge < -0.3 is 5.11 Å². The predicted octanol–water partition coefficient (Wildman–Crippen LogP) is 3.48. The molecule has 0 spiro atoms. The van der Waals surface area contributed by atoms with Gasteiger partial charge in [0.1, 0.15) is 5.75 Å². The molecule has 14 heavy (non-hydrogen) atoms. The van der Waals surface area contributed by atoms with Crippen molar-refractivity contribution in [1.29, 1.82) is 0 Å². The number of halogens is 1. The molecule has 0 heterocycles. The molecule has 2 heteroatoms. The molecule has 0 radical (unpaired) electrons. The van der Waals surface area contributed by atoms with E-state index in [1.807, 2.05) is 24.3 Å². The molecule has 2 rings (SSSR count). The second kappa shape index (κ2) is 4.01. The van der Waals surface area contributed by atoms with E-state index in [1.54, 1.807) is 6.07 Å². The summed E-state index contributed by atoms with van der Waals surface area (Å²) in [7, 11) is 0. The topological polar surface area (TPSA) is 20.2 Å². The van der Waals surface area contributed by atoms with Crippen molar-refractivity contribution in [3.63, 3.8) is 0 Å². The minimum atomic E-state index is 0.392. The van der Waals surface area contributed by atoms with E-state index in [4.69, 9.17) is 0 Å². The zero-order valence-electron chi connectivity index (χ0n) is 7.70. The average Bonchev–Trinajstić information content (AvgIpc) is 2.23. The summed E-state index contributed by atoms with van der Waals surface area (Å²) >= 11 is 3.39. The van der Waals surface area contributed by atoms with Crippen molar-refractivity contribution >= 4 is 26.7 Å². The number of hydrogen-bond donors (Lipinski definition) is 1. The van der Waals surface area contributed by atoms with E-state index in [2.05, 4.69) is 22.0 Å². The molecular weight excluding hydrogens is 240 g/mol. The third-order valence-corrected chi connectivity index (χ3v) is 2.76. The van der Waals surface area contributed by atoms with Gasteiger partial charge in [0.25, 0.3) is 0 Å². The second-order valence-electron chi connectivity index (χ2n) is 3.22. The van der Waals surface area contributed by atoms with E-state index in [0.29, 0.717) is 5.75 Å². The highest BCUT2D eigenvalue weighted by Crippen LogP contribution is 2.27. The van der Waals surface area contributed by atoms with Gasteiger partial charge in [-0.3, -0.25) is 0 Å². The molecule has 0 saturated heterocycles. The van der Waals surface area contributed by atoms with Crippen molar-refractivity contribution < 1.29 is 5.11 Å². The molecule has 0 aliphatic rings. The second-order valence-corrected chi connectivity index (χ2v) is 4.02. The maximum atomic E-state index is 9.72. The molecule has 0 fully saturated rings. The van der Waals surface area contributed by atoms with Crippen LogP contribution in [0, 0.1) is 0 Å². The molecule has 0 aromatic heterocycles. The van der Waals surface area contributed by atoms with E-state index >= 15 is 0 Å². The Balaban J connectivity index is 2.69. The minimum absolute atomic E-state index is 0.392. The first-order valence-corrected chi connectivity index (χ1v) is 5.70. The van der Waals surface area contributed by atoms with Crippen molar-refractivity contribution in [2.75, 3.05) is 5.33 Å². The Morgan fingerprint density at radius 3 is 2.64 bits per heavy atom. The molecule has 0 saturated carbocycles. The molecule has 0 unspecified atom stereocenters. The lowest BCUT2D eigenvalue weighted by Gasteiger charge is -2.07. The normalized spacial score (nSPS) is 10.6. The van der Waals surface area contributed by atoms with Gasteiger partial charge >= 0.3 is 0 Å². The summed E-state index contributed by atoms with van der Waals surface area (Å²) in [6, 6.07) is 11.8. The quantitative estimate of drug-likeness (QED) is 0.810. The van der Waals surface area contributed by atoms with Crippen LogP contribution in [0.2, 0.25) is 0 Å². The van der Waals surface area contributed by atoms with Crippen molar-refractivity contribution in [3.8, 4) is 5.75 Å². The van der Waals surface area contributed by atoms with Gasteiger partial charge in [0.15, 0.2) is 0 Å². The van der Waals surface area contributed by atoms with Gasteiger partial charge in [0, 0.05) is 10.9 Å². The number of aryl methyl sites for hydroxylation is 1. The van der Waals surface area contributed by atoms with E-state index < -0.39 is 0 Å². The lowest BCUT2D eigenvalue weighted by Crippen LogP contribution is -1.88. The maximum Gasteiger partial charge on any atom is 0.119 e. The SMILES string of the molecule is Oc1ccc2ccccc2c1CCBr. The Hall–Kier alpha value is -1.02. The molecular formula is C12H11BrO. The summed E-state index contributed by atoms with van der Waals surface area (Å²) in [5.74, 6) is 0.392. The number of alkyl halides is 1. The Morgan fingerprint density at radius 2 is 1.86 bits per heavy atom. The monoisotopic (exact) mass is 250 g/mol. The molecule has 2 aromatic rings. The summed E-state index contributed by atoms with van der Waals surface area (Å²) in [6.45, 7) is 0. The Morgan fingerprint density at radius 1 is 1.07 bits per heavy atom. The van der Waals surface area contributed by atoms with Crippen molar-refractivity contribution in [1.82, 2.24) is 0 Å². The van der Waals surface area contributed by atoms with E-state index in [9.17, 15) is 5.11 Å². The van der Waals surface area contributed by atoms with Crippen LogP contribution in [0.25, 0.3) is 10.8 Å². The first-order valence-electron chi connectivity index (χ1n) is 4.58. The molecule has 0 aliphatic heterocycles. The molecule has 0 aliphatic carbocycles. The standard InChI is InChI=1S/C12H11BrO/c13-8-7-11-10-4-2-1-3-9(10)5-6-12(11)14/h1-6,14H,7-8H2. The smallest absolute Gasteiger partial charge is 0.119 e. The summed E-state index contributed by atoms with van der Waals surface area (Å²) in [4.78, 5) is 0. The zero-order valence-corrected chi connectivity index (χ0v) is 9.29. The lowest BCUT2D eigenvalue weighted by atomic mass is 10.0. The Bertz CT molecular complexity index is 451. The fraction of sp³-hybridized carbons (Fsp3) is 0.167. The van der Waals surface area contributed by atoms with Gasteiger partial charge in [-0.15, -0.1) is 0 Å². The highest BCUT2D eigenvalue weighted by Gasteiger charge is 2.04. The van der Waals surface area contributed by atoms with Crippen molar-refractivity contribution in [3.05, 3.63) is 42.0 Å². The molecule has 2 aromatic carbocycles. The minimum Gasteiger partial charge on any atom is -0.508 e. The predicted molar refractivity (Wildman–Crippen MR) is 63.1 cm³/mol. The molecule has 0 amide bonds. The fourth-order valence-electron chi connectivity index (χ4n) is 1.68. The highest BCUT2D eigenvalue weighted by molar-refractivity contribution is 9.09. The van der Waals surface area contributed by atoms with Crippen molar-refractivity contribution in [2.45, 2.75) is 6.42 Å². The third kappa shape index (κ3) is 1.62. The maximum absolute atomic E-state index is 9.72.